The summed E-state index contributed by atoms with van der Waals surface area (Å²) in [5, 5.41) is 10.8. The lowest BCUT2D eigenvalue weighted by atomic mass is 10.2. The van der Waals surface area contributed by atoms with Crippen LogP contribution in [-0.2, 0) is 9.53 Å². The molecule has 0 unspecified atom stereocenters. The van der Waals surface area contributed by atoms with E-state index in [9.17, 15) is 4.79 Å². The number of carbonyl (C=O) groups is 1. The molecule has 7 nitrogen and oxygen atoms in total. The fourth-order valence-electron chi connectivity index (χ4n) is 2.58. The molecule has 134 valence electrons. The first-order valence-electron chi connectivity index (χ1n) is 7.97. The second-order valence-corrected chi connectivity index (χ2v) is 6.10. The van der Waals surface area contributed by atoms with Crippen LogP contribution in [0.5, 0.6) is 5.75 Å². The molecule has 8 heteroatoms. The maximum absolute atomic E-state index is 12.0. The summed E-state index contributed by atoms with van der Waals surface area (Å²) in [6.07, 6.45) is 0. The van der Waals surface area contributed by atoms with E-state index < -0.39 is 5.97 Å². The number of nitriles is 1. The number of nitrogens with zero attached hydrogens (tertiary/aromatic N) is 3. The Bertz CT molecular complexity index is 661. The molecular formula is C17H22N4O3S. The molecule has 1 aromatic rings. The van der Waals surface area contributed by atoms with E-state index in [0.717, 1.165) is 36.3 Å². The van der Waals surface area contributed by atoms with Crippen molar-refractivity contribution < 1.29 is 14.3 Å². The van der Waals surface area contributed by atoms with E-state index in [1.165, 1.54) is 0 Å². The minimum absolute atomic E-state index is 0.155. The summed E-state index contributed by atoms with van der Waals surface area (Å²) in [7, 11) is 1.64. The molecule has 0 atom stereocenters. The van der Waals surface area contributed by atoms with Gasteiger partial charge in [-0.2, -0.15) is 5.26 Å². The van der Waals surface area contributed by atoms with Gasteiger partial charge in [0.1, 0.15) is 21.9 Å². The highest BCUT2D eigenvalue weighted by Gasteiger charge is 2.24. The molecule has 2 rings (SSSR count). The number of hydrogen-bond acceptors (Lipinski definition) is 8. The first-order valence-corrected chi connectivity index (χ1v) is 8.79. The Morgan fingerprint density at radius 1 is 1.28 bits per heavy atom. The molecule has 1 aliphatic heterocycles. The Kier molecular flexibility index (Phi) is 6.83. The van der Waals surface area contributed by atoms with Crippen LogP contribution < -0.4 is 15.4 Å². The number of rotatable bonds is 6. The van der Waals surface area contributed by atoms with Crippen molar-refractivity contribution in [2.75, 3.05) is 44.8 Å². The van der Waals surface area contributed by atoms with Crippen molar-refractivity contribution in [1.82, 2.24) is 4.90 Å². The molecule has 1 fully saturated rings. The number of carbonyl (C=O) groups excluding carboxylic acids is 1. The summed E-state index contributed by atoms with van der Waals surface area (Å²) < 4.78 is 10.2. The van der Waals surface area contributed by atoms with Crippen LogP contribution in [0.1, 0.15) is 6.92 Å². The molecule has 1 saturated heterocycles. The predicted octanol–water partition coefficient (Wildman–Crippen LogP) is 1.72. The normalized spacial score (nSPS) is 15.2. The van der Waals surface area contributed by atoms with Gasteiger partial charge < -0.3 is 25.0 Å². The highest BCUT2D eigenvalue weighted by atomic mass is 32.2. The third-order valence-electron chi connectivity index (χ3n) is 3.90. The van der Waals surface area contributed by atoms with Crippen LogP contribution >= 0.6 is 11.8 Å². The Balaban J connectivity index is 2.05. The van der Waals surface area contributed by atoms with Crippen molar-refractivity contribution >= 4 is 23.4 Å². The molecular weight excluding hydrogens is 340 g/mol. The molecule has 1 aromatic carbocycles. The number of thioether (sulfide) groups is 1. The summed E-state index contributed by atoms with van der Waals surface area (Å²) in [5.74, 6) is 0.575. The summed E-state index contributed by atoms with van der Waals surface area (Å²) in [6, 6.07) is 7.89. The number of ether oxygens (including phenoxy) is 2. The van der Waals surface area contributed by atoms with Crippen molar-refractivity contribution in [2.45, 2.75) is 6.92 Å². The van der Waals surface area contributed by atoms with Crippen LogP contribution in [0.3, 0.4) is 0 Å². The van der Waals surface area contributed by atoms with Crippen molar-refractivity contribution in [1.29, 1.82) is 5.26 Å². The summed E-state index contributed by atoms with van der Waals surface area (Å²) in [4.78, 5) is 16.3. The topological polar surface area (TPSA) is 91.8 Å². The zero-order valence-corrected chi connectivity index (χ0v) is 15.2. The Morgan fingerprint density at radius 2 is 1.92 bits per heavy atom. The molecule has 0 amide bonds. The fraction of sp³-hybridized carbons (Fsp3) is 0.412. The molecule has 0 saturated carbocycles. The van der Waals surface area contributed by atoms with Crippen LogP contribution in [0.15, 0.2) is 35.0 Å². The lowest BCUT2D eigenvalue weighted by Gasteiger charge is -2.37. The van der Waals surface area contributed by atoms with Crippen LogP contribution in [0.4, 0.5) is 5.69 Å². The monoisotopic (exact) mass is 362 g/mol. The van der Waals surface area contributed by atoms with E-state index >= 15 is 0 Å². The molecule has 0 aliphatic carbocycles. The van der Waals surface area contributed by atoms with E-state index in [1.54, 1.807) is 14.0 Å². The molecule has 0 spiro atoms. The Morgan fingerprint density at radius 3 is 2.44 bits per heavy atom. The summed E-state index contributed by atoms with van der Waals surface area (Å²) in [6.45, 7) is 4.81. The third kappa shape index (κ3) is 4.73. The molecule has 1 aliphatic rings. The van der Waals surface area contributed by atoms with Crippen molar-refractivity contribution in [3.8, 4) is 11.2 Å². The van der Waals surface area contributed by atoms with E-state index in [2.05, 4.69) is 4.90 Å². The first kappa shape index (κ1) is 18.8. The third-order valence-corrected chi connectivity index (χ3v) is 4.57. The van der Waals surface area contributed by atoms with Gasteiger partial charge in [0.05, 0.1) is 13.7 Å². The molecule has 2 N–H and O–H groups in total. The summed E-state index contributed by atoms with van der Waals surface area (Å²) >= 11 is 0.744. The first-order chi connectivity index (χ1) is 12.1. The number of nitrogens with two attached hydrogens (primary N) is 1. The van der Waals surface area contributed by atoms with Gasteiger partial charge in [-0.05, 0) is 31.2 Å². The van der Waals surface area contributed by atoms with Crippen molar-refractivity contribution in [3.63, 3.8) is 0 Å². The van der Waals surface area contributed by atoms with Gasteiger partial charge in [-0.15, -0.1) is 0 Å². The van der Waals surface area contributed by atoms with Gasteiger partial charge in [-0.25, -0.2) is 4.79 Å². The molecule has 25 heavy (non-hydrogen) atoms. The smallest absolute Gasteiger partial charge is 0.349 e. The maximum Gasteiger partial charge on any atom is 0.349 e. The quantitative estimate of drug-likeness (QED) is 0.465. The van der Waals surface area contributed by atoms with Gasteiger partial charge in [0, 0.05) is 43.6 Å². The SMILES string of the molecule is CCOC(=O)C(SC#N)=C(N)N1CCN(c2ccc(OC)cc2)CC1. The van der Waals surface area contributed by atoms with Gasteiger partial charge in [0.25, 0.3) is 0 Å². The highest BCUT2D eigenvalue weighted by Crippen LogP contribution is 2.24. The number of methoxy groups -OCH3 is 1. The molecule has 0 bridgehead atoms. The van der Waals surface area contributed by atoms with E-state index in [1.807, 2.05) is 34.6 Å². The lowest BCUT2D eigenvalue weighted by molar-refractivity contribution is -0.137. The largest absolute Gasteiger partial charge is 0.497 e. The van der Waals surface area contributed by atoms with Crippen LogP contribution in [-0.4, -0.2) is 50.8 Å². The average Bonchev–Trinajstić information content (AvgIpc) is 2.66. The second kappa shape index (κ2) is 9.08. The van der Waals surface area contributed by atoms with Gasteiger partial charge in [0.2, 0.25) is 0 Å². The Labute approximate surface area is 152 Å². The second-order valence-electron chi connectivity index (χ2n) is 5.30. The number of esters is 1. The van der Waals surface area contributed by atoms with Crippen LogP contribution in [0.25, 0.3) is 0 Å². The van der Waals surface area contributed by atoms with Gasteiger partial charge in [0.15, 0.2) is 0 Å². The fourth-order valence-corrected chi connectivity index (χ4v) is 3.05. The standard InChI is InChI=1S/C17H22N4O3S/c1-3-24-17(22)15(25-12-18)16(19)21-10-8-20(9-11-21)13-4-6-14(23-2)7-5-13/h4-7H,3,8-11,19H2,1-2H3. The minimum atomic E-state index is -0.552. The van der Waals surface area contributed by atoms with E-state index in [-0.39, 0.29) is 11.5 Å². The molecule has 0 aromatic heterocycles. The zero-order valence-electron chi connectivity index (χ0n) is 14.4. The van der Waals surface area contributed by atoms with E-state index in [0.29, 0.717) is 18.9 Å². The zero-order chi connectivity index (χ0) is 18.2. The van der Waals surface area contributed by atoms with Gasteiger partial charge >= 0.3 is 5.97 Å². The Hall–Kier alpha value is -2.53. The number of piperazine rings is 1. The van der Waals surface area contributed by atoms with Crippen LogP contribution in [0, 0.1) is 10.7 Å². The maximum atomic E-state index is 12.0. The minimum Gasteiger partial charge on any atom is -0.497 e. The van der Waals surface area contributed by atoms with Crippen molar-refractivity contribution in [2.24, 2.45) is 5.73 Å². The summed E-state index contributed by atoms with van der Waals surface area (Å²) in [5.41, 5.74) is 7.24. The van der Waals surface area contributed by atoms with Crippen molar-refractivity contribution in [3.05, 3.63) is 35.0 Å². The number of benzene rings is 1. The van der Waals surface area contributed by atoms with E-state index in [4.69, 9.17) is 20.5 Å². The lowest BCUT2D eigenvalue weighted by Crippen LogP contribution is -2.47. The average molecular weight is 362 g/mol. The van der Waals surface area contributed by atoms with Crippen LogP contribution in [0.2, 0.25) is 0 Å². The number of hydrogen-bond donors (Lipinski definition) is 1. The molecule has 1 heterocycles. The van der Waals surface area contributed by atoms with Gasteiger partial charge in [-0.3, -0.25) is 0 Å². The molecule has 0 radical (unpaired) electrons. The predicted molar refractivity (Wildman–Crippen MR) is 97.8 cm³/mol. The number of anilines is 1. The van der Waals surface area contributed by atoms with Gasteiger partial charge in [-0.1, -0.05) is 0 Å². The number of thiocyanates is 1. The highest BCUT2D eigenvalue weighted by molar-refractivity contribution is 8.08.